The van der Waals surface area contributed by atoms with Crippen molar-refractivity contribution < 1.29 is 5.11 Å². The molecule has 106 valence electrons. The van der Waals surface area contributed by atoms with Gasteiger partial charge in [-0.15, -0.1) is 0 Å². The molecule has 0 aliphatic carbocycles. The maximum Gasteiger partial charge on any atom is 0.252 e. The van der Waals surface area contributed by atoms with E-state index in [9.17, 15) is 9.90 Å². The molecule has 4 heteroatoms. The molecule has 0 saturated carbocycles. The minimum atomic E-state index is -0.0847. The Bertz CT molecular complexity index is 824. The Kier molecular flexibility index (Phi) is 3.71. The lowest BCUT2D eigenvalue weighted by atomic mass is 10.1. The standard InChI is InChI=1S/C17H16N2O2/c20-16-8-4-2-6-13(16)10-18-11-14-9-12-5-1-3-7-15(12)19-17(14)21/h1-9,18,20H,10-11H2,(H,19,21). The van der Waals surface area contributed by atoms with Crippen LogP contribution in [-0.2, 0) is 13.1 Å². The largest absolute Gasteiger partial charge is 0.508 e. The van der Waals surface area contributed by atoms with E-state index in [0.717, 1.165) is 16.5 Å². The van der Waals surface area contributed by atoms with Gasteiger partial charge in [-0.25, -0.2) is 0 Å². The first-order valence-corrected chi connectivity index (χ1v) is 6.82. The summed E-state index contributed by atoms with van der Waals surface area (Å²) in [7, 11) is 0. The fraction of sp³-hybridized carbons (Fsp3) is 0.118. The molecule has 0 bridgehead atoms. The highest BCUT2D eigenvalue weighted by molar-refractivity contribution is 5.78. The van der Waals surface area contributed by atoms with Crippen LogP contribution in [0.3, 0.4) is 0 Å². The van der Waals surface area contributed by atoms with E-state index in [-0.39, 0.29) is 11.3 Å². The molecule has 3 rings (SSSR count). The first-order valence-electron chi connectivity index (χ1n) is 6.82. The second kappa shape index (κ2) is 5.81. The number of phenols is 1. The molecule has 2 aromatic carbocycles. The number of nitrogens with one attached hydrogen (secondary N) is 2. The topological polar surface area (TPSA) is 65.1 Å². The number of hydrogen-bond acceptors (Lipinski definition) is 3. The molecule has 1 aromatic heterocycles. The molecule has 0 saturated heterocycles. The second-order valence-electron chi connectivity index (χ2n) is 4.94. The highest BCUT2D eigenvalue weighted by Gasteiger charge is 2.03. The van der Waals surface area contributed by atoms with Crippen LogP contribution in [0.25, 0.3) is 10.9 Å². The molecular weight excluding hydrogens is 264 g/mol. The summed E-state index contributed by atoms with van der Waals surface area (Å²) < 4.78 is 0. The normalized spacial score (nSPS) is 10.9. The average molecular weight is 280 g/mol. The summed E-state index contributed by atoms with van der Waals surface area (Å²) >= 11 is 0. The molecule has 0 atom stereocenters. The smallest absolute Gasteiger partial charge is 0.252 e. The molecule has 0 aliphatic rings. The number of H-pyrrole nitrogens is 1. The Morgan fingerprint density at radius 1 is 0.952 bits per heavy atom. The number of pyridine rings is 1. The maximum absolute atomic E-state index is 12.0. The molecule has 3 N–H and O–H groups in total. The predicted octanol–water partition coefficient (Wildman–Crippen LogP) is 2.52. The van der Waals surface area contributed by atoms with Gasteiger partial charge in [0.1, 0.15) is 5.75 Å². The number of phenolic OH excluding ortho intramolecular Hbond substituents is 1. The van der Waals surface area contributed by atoms with Gasteiger partial charge >= 0.3 is 0 Å². The van der Waals surface area contributed by atoms with Crippen molar-refractivity contribution >= 4 is 10.9 Å². The van der Waals surface area contributed by atoms with Crippen molar-refractivity contribution in [2.24, 2.45) is 0 Å². The van der Waals surface area contributed by atoms with Crippen molar-refractivity contribution in [1.29, 1.82) is 0 Å². The Balaban J connectivity index is 1.75. The average Bonchev–Trinajstić information content (AvgIpc) is 2.49. The number of aromatic hydroxyl groups is 1. The van der Waals surface area contributed by atoms with E-state index in [1.54, 1.807) is 12.1 Å². The summed E-state index contributed by atoms with van der Waals surface area (Å²) in [6.07, 6.45) is 0. The third-order valence-corrected chi connectivity index (χ3v) is 3.45. The van der Waals surface area contributed by atoms with Crippen LogP contribution in [0, 0.1) is 0 Å². The number of para-hydroxylation sites is 2. The van der Waals surface area contributed by atoms with Gasteiger partial charge in [0.05, 0.1) is 0 Å². The van der Waals surface area contributed by atoms with Crippen LogP contribution in [0.4, 0.5) is 0 Å². The molecule has 3 aromatic rings. The Hall–Kier alpha value is -2.59. The van der Waals surface area contributed by atoms with Crippen LogP contribution in [-0.4, -0.2) is 10.1 Å². The van der Waals surface area contributed by atoms with E-state index in [1.807, 2.05) is 42.5 Å². The molecule has 0 aliphatic heterocycles. The quantitative estimate of drug-likeness (QED) is 0.688. The van der Waals surface area contributed by atoms with E-state index < -0.39 is 0 Å². The minimum absolute atomic E-state index is 0.0847. The highest BCUT2D eigenvalue weighted by Crippen LogP contribution is 2.15. The van der Waals surface area contributed by atoms with Crippen LogP contribution in [0.5, 0.6) is 5.75 Å². The number of aromatic amines is 1. The van der Waals surface area contributed by atoms with Gasteiger partial charge in [0, 0.05) is 29.7 Å². The van der Waals surface area contributed by atoms with Crippen molar-refractivity contribution in [3.8, 4) is 5.75 Å². The first kappa shape index (κ1) is 13.4. The molecule has 1 heterocycles. The van der Waals surface area contributed by atoms with Gasteiger partial charge < -0.3 is 15.4 Å². The SMILES string of the molecule is O=c1[nH]c2ccccc2cc1CNCc1ccccc1O. The first-order chi connectivity index (χ1) is 10.2. The van der Waals surface area contributed by atoms with Crippen LogP contribution in [0.2, 0.25) is 0 Å². The summed E-state index contributed by atoms with van der Waals surface area (Å²) in [6, 6.07) is 16.8. The number of aromatic nitrogens is 1. The summed E-state index contributed by atoms with van der Waals surface area (Å²) in [5.41, 5.74) is 2.25. The number of fused-ring (bicyclic) bond motifs is 1. The zero-order valence-corrected chi connectivity index (χ0v) is 11.5. The van der Waals surface area contributed by atoms with Crippen molar-refractivity contribution in [2.75, 3.05) is 0 Å². The van der Waals surface area contributed by atoms with Gasteiger partial charge in [-0.05, 0) is 23.6 Å². The van der Waals surface area contributed by atoms with Gasteiger partial charge in [0.25, 0.3) is 5.56 Å². The minimum Gasteiger partial charge on any atom is -0.508 e. The number of benzene rings is 2. The summed E-state index contributed by atoms with van der Waals surface area (Å²) in [4.78, 5) is 14.9. The Morgan fingerprint density at radius 2 is 1.67 bits per heavy atom. The van der Waals surface area contributed by atoms with Crippen molar-refractivity contribution in [2.45, 2.75) is 13.1 Å². The second-order valence-corrected chi connectivity index (χ2v) is 4.94. The van der Waals surface area contributed by atoms with Crippen LogP contribution in [0.15, 0.2) is 59.4 Å². The molecule has 0 unspecified atom stereocenters. The zero-order valence-electron chi connectivity index (χ0n) is 11.5. The molecular formula is C17H16N2O2. The molecule has 0 fully saturated rings. The molecule has 21 heavy (non-hydrogen) atoms. The van der Waals surface area contributed by atoms with Crippen LogP contribution < -0.4 is 10.9 Å². The van der Waals surface area contributed by atoms with E-state index in [0.29, 0.717) is 18.7 Å². The molecule has 0 amide bonds. The fourth-order valence-electron chi connectivity index (χ4n) is 2.32. The van der Waals surface area contributed by atoms with E-state index in [2.05, 4.69) is 10.3 Å². The third-order valence-electron chi connectivity index (χ3n) is 3.45. The molecule has 0 spiro atoms. The maximum atomic E-state index is 12.0. The highest BCUT2D eigenvalue weighted by atomic mass is 16.3. The number of rotatable bonds is 4. The van der Waals surface area contributed by atoms with Gasteiger partial charge in [-0.3, -0.25) is 4.79 Å². The Labute approximate surface area is 122 Å². The number of hydrogen-bond donors (Lipinski definition) is 3. The van der Waals surface area contributed by atoms with Crippen molar-refractivity contribution in [3.05, 3.63) is 76.1 Å². The third kappa shape index (κ3) is 2.95. The lowest BCUT2D eigenvalue weighted by Gasteiger charge is -2.07. The zero-order chi connectivity index (χ0) is 14.7. The van der Waals surface area contributed by atoms with Gasteiger partial charge in [0.2, 0.25) is 0 Å². The van der Waals surface area contributed by atoms with Gasteiger partial charge in [-0.1, -0.05) is 36.4 Å². The van der Waals surface area contributed by atoms with Crippen molar-refractivity contribution in [1.82, 2.24) is 10.3 Å². The predicted molar refractivity (Wildman–Crippen MR) is 83.2 cm³/mol. The van der Waals surface area contributed by atoms with E-state index in [1.165, 1.54) is 0 Å². The van der Waals surface area contributed by atoms with Gasteiger partial charge in [-0.2, -0.15) is 0 Å². The van der Waals surface area contributed by atoms with E-state index in [4.69, 9.17) is 0 Å². The van der Waals surface area contributed by atoms with Crippen LogP contribution in [0.1, 0.15) is 11.1 Å². The molecule has 0 radical (unpaired) electrons. The fourth-order valence-corrected chi connectivity index (χ4v) is 2.32. The van der Waals surface area contributed by atoms with E-state index >= 15 is 0 Å². The van der Waals surface area contributed by atoms with Crippen molar-refractivity contribution in [3.63, 3.8) is 0 Å². The Morgan fingerprint density at radius 3 is 2.52 bits per heavy atom. The molecule has 4 nitrogen and oxygen atoms in total. The summed E-state index contributed by atoms with van der Waals surface area (Å²) in [6.45, 7) is 0.966. The van der Waals surface area contributed by atoms with Gasteiger partial charge in [0.15, 0.2) is 0 Å². The lowest BCUT2D eigenvalue weighted by molar-refractivity contribution is 0.464. The monoisotopic (exact) mass is 280 g/mol. The lowest BCUT2D eigenvalue weighted by Crippen LogP contribution is -2.20. The summed E-state index contributed by atoms with van der Waals surface area (Å²) in [5, 5.41) is 13.9. The summed E-state index contributed by atoms with van der Waals surface area (Å²) in [5.74, 6) is 0.262. The van der Waals surface area contributed by atoms with Crippen LogP contribution >= 0.6 is 0 Å².